The molecule has 0 bridgehead atoms. The molecule has 17 heavy (non-hydrogen) atoms. The zero-order chi connectivity index (χ0) is 12.4. The van der Waals surface area contributed by atoms with Gasteiger partial charge in [-0.15, -0.1) is 0 Å². The van der Waals surface area contributed by atoms with Gasteiger partial charge in [-0.2, -0.15) is 0 Å². The number of ketones is 1. The number of benzene rings is 1. The van der Waals surface area contributed by atoms with Gasteiger partial charge in [0, 0.05) is 23.3 Å². The van der Waals surface area contributed by atoms with Crippen molar-refractivity contribution in [1.29, 1.82) is 0 Å². The van der Waals surface area contributed by atoms with Crippen LogP contribution < -0.4 is 0 Å². The molecular weight excluding hydrogens is 244 g/mol. The molecule has 0 radical (unpaired) electrons. The normalized spacial score (nSPS) is 10.6. The van der Waals surface area contributed by atoms with Crippen molar-refractivity contribution in [3.05, 3.63) is 35.0 Å². The van der Waals surface area contributed by atoms with Gasteiger partial charge in [0.2, 0.25) is 5.78 Å². The summed E-state index contributed by atoms with van der Waals surface area (Å²) in [4.78, 5) is 21.3. The molecule has 0 saturated carbocycles. The number of furan rings is 1. The highest BCUT2D eigenvalue weighted by Gasteiger charge is 2.12. The SMILES string of the molecule is O=C(O)C(=O)CCc1cc2cc(Cl)ccc2o1. The number of halogens is 1. The highest BCUT2D eigenvalue weighted by Crippen LogP contribution is 2.23. The average Bonchev–Trinajstić information content (AvgIpc) is 2.67. The van der Waals surface area contributed by atoms with E-state index in [1.165, 1.54) is 0 Å². The predicted octanol–water partition coefficient (Wildman–Crippen LogP) is 2.67. The molecule has 1 N–H and O–H groups in total. The molecule has 0 saturated heterocycles. The second-order valence-corrected chi connectivity index (χ2v) is 4.06. The number of aryl methyl sites for hydroxylation is 1. The lowest BCUT2D eigenvalue weighted by Gasteiger charge is -1.92. The lowest BCUT2D eigenvalue weighted by molar-refractivity contribution is -0.149. The number of fused-ring (bicyclic) bond motifs is 1. The molecule has 0 aliphatic heterocycles. The molecule has 0 fully saturated rings. The molecule has 0 atom stereocenters. The summed E-state index contributed by atoms with van der Waals surface area (Å²) < 4.78 is 5.45. The molecule has 1 aromatic heterocycles. The molecule has 1 heterocycles. The van der Waals surface area contributed by atoms with Crippen LogP contribution >= 0.6 is 11.6 Å². The van der Waals surface area contributed by atoms with Gasteiger partial charge in [-0.25, -0.2) is 4.79 Å². The number of carboxylic acids is 1. The molecule has 2 aromatic rings. The highest BCUT2D eigenvalue weighted by molar-refractivity contribution is 6.32. The minimum atomic E-state index is -1.41. The Bertz CT molecular complexity index is 585. The molecule has 0 amide bonds. The van der Waals surface area contributed by atoms with Crippen molar-refractivity contribution in [2.24, 2.45) is 0 Å². The van der Waals surface area contributed by atoms with Gasteiger partial charge in [0.25, 0.3) is 0 Å². The van der Waals surface area contributed by atoms with E-state index in [9.17, 15) is 9.59 Å². The van der Waals surface area contributed by atoms with E-state index in [0.717, 1.165) is 5.39 Å². The zero-order valence-corrected chi connectivity index (χ0v) is 9.53. The molecule has 2 rings (SSSR count). The Morgan fingerprint density at radius 2 is 2.06 bits per heavy atom. The molecule has 1 aromatic carbocycles. The van der Waals surface area contributed by atoms with Gasteiger partial charge in [0.15, 0.2) is 0 Å². The summed E-state index contributed by atoms with van der Waals surface area (Å²) in [5, 5.41) is 9.88. The van der Waals surface area contributed by atoms with E-state index >= 15 is 0 Å². The molecule has 0 aliphatic rings. The zero-order valence-electron chi connectivity index (χ0n) is 8.77. The summed E-state index contributed by atoms with van der Waals surface area (Å²) in [6.45, 7) is 0. The minimum Gasteiger partial charge on any atom is -0.476 e. The predicted molar refractivity (Wildman–Crippen MR) is 62.2 cm³/mol. The number of rotatable bonds is 4. The number of carbonyl (C=O) groups is 2. The van der Waals surface area contributed by atoms with E-state index in [2.05, 4.69) is 0 Å². The summed E-state index contributed by atoms with van der Waals surface area (Å²) in [6, 6.07) is 6.96. The number of carboxylic acid groups (broad SMARTS) is 1. The first-order chi connectivity index (χ1) is 8.06. The van der Waals surface area contributed by atoms with E-state index in [1.54, 1.807) is 24.3 Å². The van der Waals surface area contributed by atoms with Gasteiger partial charge in [0.05, 0.1) is 0 Å². The fourth-order valence-corrected chi connectivity index (χ4v) is 1.72. The van der Waals surface area contributed by atoms with Crippen LogP contribution in [0.5, 0.6) is 0 Å². The summed E-state index contributed by atoms with van der Waals surface area (Å²) in [5.41, 5.74) is 0.673. The van der Waals surface area contributed by atoms with Crippen molar-refractivity contribution in [2.75, 3.05) is 0 Å². The maximum Gasteiger partial charge on any atom is 0.372 e. The Balaban J connectivity index is 2.14. The third-order valence-corrected chi connectivity index (χ3v) is 2.60. The molecule has 0 aliphatic carbocycles. The third kappa shape index (κ3) is 2.65. The van der Waals surface area contributed by atoms with Crippen molar-refractivity contribution in [2.45, 2.75) is 12.8 Å². The highest BCUT2D eigenvalue weighted by atomic mass is 35.5. The second-order valence-electron chi connectivity index (χ2n) is 3.62. The van der Waals surface area contributed by atoms with Crippen molar-refractivity contribution in [1.82, 2.24) is 0 Å². The summed E-state index contributed by atoms with van der Waals surface area (Å²) in [7, 11) is 0. The molecular formula is C12H9ClO4. The van der Waals surface area contributed by atoms with Crippen LogP contribution in [0, 0.1) is 0 Å². The van der Waals surface area contributed by atoms with Crippen LogP contribution in [-0.2, 0) is 16.0 Å². The van der Waals surface area contributed by atoms with Crippen LogP contribution in [0.1, 0.15) is 12.2 Å². The lowest BCUT2D eigenvalue weighted by atomic mass is 10.2. The Hall–Kier alpha value is -1.81. The van der Waals surface area contributed by atoms with Crippen LogP contribution in [0.25, 0.3) is 11.0 Å². The minimum absolute atomic E-state index is 0.0666. The number of Topliss-reactive ketones (excluding diaryl/α,β-unsaturated/α-hetero) is 1. The van der Waals surface area contributed by atoms with E-state index in [0.29, 0.717) is 16.4 Å². The second kappa shape index (κ2) is 4.59. The van der Waals surface area contributed by atoms with Crippen molar-refractivity contribution in [3.8, 4) is 0 Å². The van der Waals surface area contributed by atoms with Crippen LogP contribution in [0.3, 0.4) is 0 Å². The van der Waals surface area contributed by atoms with Crippen LogP contribution in [-0.4, -0.2) is 16.9 Å². The molecule has 88 valence electrons. The fraction of sp³-hybridized carbons (Fsp3) is 0.167. The topological polar surface area (TPSA) is 67.5 Å². The van der Waals surface area contributed by atoms with Crippen LogP contribution in [0.15, 0.2) is 28.7 Å². The lowest BCUT2D eigenvalue weighted by Crippen LogP contribution is -2.12. The Labute approximate surface area is 102 Å². The largest absolute Gasteiger partial charge is 0.476 e. The maximum absolute atomic E-state index is 10.9. The van der Waals surface area contributed by atoms with Crippen molar-refractivity contribution < 1.29 is 19.1 Å². The molecule has 0 unspecified atom stereocenters. The first-order valence-electron chi connectivity index (χ1n) is 5.00. The van der Waals surface area contributed by atoms with Gasteiger partial charge in [-0.1, -0.05) is 11.6 Å². The van der Waals surface area contributed by atoms with Crippen LogP contribution in [0.2, 0.25) is 5.02 Å². The van der Waals surface area contributed by atoms with Crippen molar-refractivity contribution in [3.63, 3.8) is 0 Å². The van der Waals surface area contributed by atoms with E-state index < -0.39 is 11.8 Å². The quantitative estimate of drug-likeness (QED) is 0.850. The molecule has 5 heteroatoms. The van der Waals surface area contributed by atoms with Crippen molar-refractivity contribution >= 4 is 34.3 Å². The van der Waals surface area contributed by atoms with Crippen LogP contribution in [0.4, 0.5) is 0 Å². The number of carbonyl (C=O) groups excluding carboxylic acids is 1. The maximum atomic E-state index is 10.9. The standard InChI is InChI=1S/C12H9ClO4/c13-8-1-4-11-7(5-8)6-9(17-11)2-3-10(14)12(15)16/h1,4-6H,2-3H2,(H,15,16). The number of hydrogen-bond acceptors (Lipinski definition) is 3. The average molecular weight is 253 g/mol. The Kier molecular flexibility index (Phi) is 3.15. The summed E-state index contributed by atoms with van der Waals surface area (Å²) in [6.07, 6.45) is 0.209. The number of hydrogen-bond donors (Lipinski definition) is 1. The Morgan fingerprint density at radius 1 is 1.29 bits per heavy atom. The molecule has 0 spiro atoms. The first kappa shape index (κ1) is 11.7. The van der Waals surface area contributed by atoms with E-state index in [1.807, 2.05) is 0 Å². The van der Waals surface area contributed by atoms with Gasteiger partial charge in [0.1, 0.15) is 11.3 Å². The van der Waals surface area contributed by atoms with Gasteiger partial charge >= 0.3 is 5.97 Å². The van der Waals surface area contributed by atoms with Gasteiger partial charge in [-0.05, 0) is 24.3 Å². The smallest absolute Gasteiger partial charge is 0.372 e. The van der Waals surface area contributed by atoms with E-state index in [-0.39, 0.29) is 12.8 Å². The number of aliphatic carboxylic acids is 1. The summed E-state index contributed by atoms with van der Waals surface area (Å²) in [5.74, 6) is -1.65. The first-order valence-corrected chi connectivity index (χ1v) is 5.38. The van der Waals surface area contributed by atoms with Gasteiger partial charge < -0.3 is 9.52 Å². The molecule has 4 nitrogen and oxygen atoms in total. The monoisotopic (exact) mass is 252 g/mol. The van der Waals surface area contributed by atoms with Gasteiger partial charge in [-0.3, -0.25) is 4.79 Å². The third-order valence-electron chi connectivity index (χ3n) is 2.37. The van der Waals surface area contributed by atoms with E-state index in [4.69, 9.17) is 21.1 Å². The Morgan fingerprint density at radius 3 is 2.76 bits per heavy atom. The summed E-state index contributed by atoms with van der Waals surface area (Å²) >= 11 is 5.82. The fourth-order valence-electron chi connectivity index (χ4n) is 1.54.